The Balaban J connectivity index is 0.00000300. The number of nitrogens with one attached hydrogen (secondary N) is 2. The number of guanidine groups is 1. The van der Waals surface area contributed by atoms with E-state index in [2.05, 4.69) is 49.4 Å². The van der Waals surface area contributed by atoms with Crippen LogP contribution in [0.3, 0.4) is 0 Å². The summed E-state index contributed by atoms with van der Waals surface area (Å²) < 4.78 is 13.4. The van der Waals surface area contributed by atoms with Crippen molar-refractivity contribution in [3.05, 3.63) is 54.1 Å². The summed E-state index contributed by atoms with van der Waals surface area (Å²) >= 11 is 0. The van der Waals surface area contributed by atoms with Crippen molar-refractivity contribution in [1.29, 1.82) is 0 Å². The molecule has 1 fully saturated rings. The van der Waals surface area contributed by atoms with E-state index in [1.54, 1.807) is 7.05 Å². The Hall–Kier alpha value is -1.65. The van der Waals surface area contributed by atoms with E-state index in [1.807, 2.05) is 18.5 Å². The lowest BCUT2D eigenvalue weighted by molar-refractivity contribution is 0.0168. The molecule has 3 rings (SSSR count). The number of benzene rings is 1. The minimum atomic E-state index is 0. The Kier molecular flexibility index (Phi) is 11.0. The molecule has 7 nitrogen and oxygen atoms in total. The van der Waals surface area contributed by atoms with Gasteiger partial charge in [-0.2, -0.15) is 0 Å². The van der Waals surface area contributed by atoms with Crippen molar-refractivity contribution in [3.63, 3.8) is 0 Å². The molecule has 1 aliphatic rings. The molecule has 1 aliphatic heterocycles. The minimum absolute atomic E-state index is 0. The molecule has 8 heteroatoms. The van der Waals surface area contributed by atoms with Crippen LogP contribution < -0.4 is 10.6 Å². The predicted molar refractivity (Wildman–Crippen MR) is 126 cm³/mol. The molecule has 160 valence electrons. The van der Waals surface area contributed by atoms with E-state index < -0.39 is 0 Å². The van der Waals surface area contributed by atoms with Gasteiger partial charge < -0.3 is 24.7 Å². The summed E-state index contributed by atoms with van der Waals surface area (Å²) in [5.74, 6) is 1.75. The van der Waals surface area contributed by atoms with E-state index >= 15 is 0 Å². The molecular formula is C21H32IN5O2. The smallest absolute Gasteiger partial charge is 0.191 e. The highest BCUT2D eigenvalue weighted by atomic mass is 127. The van der Waals surface area contributed by atoms with Gasteiger partial charge in [-0.3, -0.25) is 4.99 Å². The lowest BCUT2D eigenvalue weighted by Crippen LogP contribution is -2.38. The van der Waals surface area contributed by atoms with E-state index in [0.717, 1.165) is 57.3 Å². The molecule has 2 aromatic rings. The molecule has 1 aromatic carbocycles. The molecule has 0 aliphatic carbocycles. The van der Waals surface area contributed by atoms with Crippen LogP contribution in [0.25, 0.3) is 0 Å². The molecule has 0 amide bonds. The third-order valence-electron chi connectivity index (χ3n) is 4.72. The topological polar surface area (TPSA) is 72.7 Å². The predicted octanol–water partition coefficient (Wildman–Crippen LogP) is 2.80. The Bertz CT molecular complexity index is 717. The van der Waals surface area contributed by atoms with Gasteiger partial charge >= 0.3 is 0 Å². The zero-order valence-corrected chi connectivity index (χ0v) is 19.4. The monoisotopic (exact) mass is 513 g/mol. The van der Waals surface area contributed by atoms with Gasteiger partial charge in [0.25, 0.3) is 0 Å². The van der Waals surface area contributed by atoms with E-state index in [0.29, 0.717) is 19.3 Å². The van der Waals surface area contributed by atoms with Crippen LogP contribution >= 0.6 is 24.0 Å². The SMILES string of the molecule is CN=C(NCCCOCC1CCCO1)NCc1nccn1Cc1ccccc1.I. The molecule has 0 bridgehead atoms. The summed E-state index contributed by atoms with van der Waals surface area (Å²) in [4.78, 5) is 8.74. The molecule has 2 N–H and O–H groups in total. The second-order valence-corrected chi connectivity index (χ2v) is 6.87. The normalized spacial score (nSPS) is 16.4. The fourth-order valence-corrected chi connectivity index (χ4v) is 3.19. The number of rotatable bonds is 10. The summed E-state index contributed by atoms with van der Waals surface area (Å²) in [7, 11) is 1.78. The molecule has 0 saturated carbocycles. The highest BCUT2D eigenvalue weighted by Crippen LogP contribution is 2.11. The number of imidazole rings is 1. The van der Waals surface area contributed by atoms with Gasteiger partial charge in [0.1, 0.15) is 5.82 Å². The van der Waals surface area contributed by atoms with Crippen LogP contribution in [0.1, 0.15) is 30.7 Å². The molecule has 29 heavy (non-hydrogen) atoms. The third kappa shape index (κ3) is 8.31. The van der Waals surface area contributed by atoms with E-state index in [-0.39, 0.29) is 24.0 Å². The summed E-state index contributed by atoms with van der Waals surface area (Å²) in [6, 6.07) is 10.4. The highest BCUT2D eigenvalue weighted by molar-refractivity contribution is 14.0. The maximum absolute atomic E-state index is 5.69. The first-order valence-corrected chi connectivity index (χ1v) is 10.0. The van der Waals surface area contributed by atoms with Crippen molar-refractivity contribution in [2.75, 3.05) is 33.4 Å². The largest absolute Gasteiger partial charge is 0.379 e. The first-order valence-electron chi connectivity index (χ1n) is 10.0. The Morgan fingerprint density at radius 1 is 1.31 bits per heavy atom. The fraction of sp³-hybridized carbons (Fsp3) is 0.524. The van der Waals surface area contributed by atoms with Gasteiger partial charge in [-0.05, 0) is 24.8 Å². The van der Waals surface area contributed by atoms with Crippen LogP contribution in [-0.2, 0) is 22.6 Å². The van der Waals surface area contributed by atoms with E-state index in [4.69, 9.17) is 9.47 Å². The summed E-state index contributed by atoms with van der Waals surface area (Å²) in [6.45, 7) is 4.55. The van der Waals surface area contributed by atoms with Crippen molar-refractivity contribution < 1.29 is 9.47 Å². The molecule has 1 atom stereocenters. The van der Waals surface area contributed by atoms with Crippen molar-refractivity contribution in [2.45, 2.75) is 38.5 Å². The second kappa shape index (κ2) is 13.6. The molecule has 1 saturated heterocycles. The van der Waals surface area contributed by atoms with Gasteiger partial charge in [0.15, 0.2) is 5.96 Å². The summed E-state index contributed by atoms with van der Waals surface area (Å²) in [5, 5.41) is 6.65. The standard InChI is InChI=1S/C21H31N5O2.HI/c1-22-21(24-10-6-13-27-17-19-9-5-14-28-19)25-15-20-23-11-12-26(20)16-18-7-3-2-4-8-18;/h2-4,7-8,11-12,19H,5-6,9-10,13-17H2,1H3,(H2,22,24,25);1H. The number of aliphatic imine (C=N–C) groups is 1. The number of hydrogen-bond donors (Lipinski definition) is 2. The van der Waals surface area contributed by atoms with Crippen LogP contribution in [0.2, 0.25) is 0 Å². The first kappa shape index (κ1) is 23.6. The summed E-state index contributed by atoms with van der Waals surface area (Å²) in [5.41, 5.74) is 1.26. The number of nitrogens with zero attached hydrogens (tertiary/aromatic N) is 3. The maximum atomic E-state index is 5.69. The van der Waals surface area contributed by atoms with E-state index in [9.17, 15) is 0 Å². The van der Waals surface area contributed by atoms with E-state index in [1.165, 1.54) is 5.56 Å². The van der Waals surface area contributed by atoms with Crippen molar-refractivity contribution in [2.24, 2.45) is 4.99 Å². The number of halogens is 1. The third-order valence-corrected chi connectivity index (χ3v) is 4.72. The Morgan fingerprint density at radius 2 is 2.17 bits per heavy atom. The van der Waals surface area contributed by atoms with Gasteiger partial charge in [-0.25, -0.2) is 4.98 Å². The zero-order valence-electron chi connectivity index (χ0n) is 17.0. The molecule has 2 heterocycles. The second-order valence-electron chi connectivity index (χ2n) is 6.87. The molecule has 0 radical (unpaired) electrons. The average molecular weight is 513 g/mol. The number of aromatic nitrogens is 2. The molecule has 1 unspecified atom stereocenters. The van der Waals surface area contributed by atoms with Crippen LogP contribution in [0.4, 0.5) is 0 Å². The van der Waals surface area contributed by atoms with Gasteiger partial charge in [0.05, 0.1) is 19.3 Å². The highest BCUT2D eigenvalue weighted by Gasteiger charge is 2.14. The quantitative estimate of drug-likeness (QED) is 0.221. The van der Waals surface area contributed by atoms with Gasteiger partial charge in [0, 0.05) is 45.7 Å². The average Bonchev–Trinajstić information content (AvgIpc) is 3.40. The van der Waals surface area contributed by atoms with Crippen LogP contribution in [0.5, 0.6) is 0 Å². The minimum Gasteiger partial charge on any atom is -0.379 e. The van der Waals surface area contributed by atoms with Crippen molar-refractivity contribution in [3.8, 4) is 0 Å². The summed E-state index contributed by atoms with van der Waals surface area (Å²) in [6.07, 6.45) is 7.33. The fourth-order valence-electron chi connectivity index (χ4n) is 3.19. The van der Waals surface area contributed by atoms with Gasteiger partial charge in [-0.1, -0.05) is 30.3 Å². The number of hydrogen-bond acceptors (Lipinski definition) is 4. The lowest BCUT2D eigenvalue weighted by atomic mass is 10.2. The van der Waals surface area contributed by atoms with Crippen LogP contribution in [0.15, 0.2) is 47.7 Å². The van der Waals surface area contributed by atoms with Crippen LogP contribution in [0, 0.1) is 0 Å². The number of ether oxygens (including phenoxy) is 2. The molecular weight excluding hydrogens is 481 g/mol. The van der Waals surface area contributed by atoms with Gasteiger partial charge in [0.2, 0.25) is 0 Å². The maximum Gasteiger partial charge on any atom is 0.191 e. The van der Waals surface area contributed by atoms with Crippen molar-refractivity contribution >= 4 is 29.9 Å². The van der Waals surface area contributed by atoms with Gasteiger partial charge in [-0.15, -0.1) is 24.0 Å². The zero-order chi connectivity index (χ0) is 19.4. The lowest BCUT2D eigenvalue weighted by Gasteiger charge is -2.14. The molecule has 1 aromatic heterocycles. The Labute approximate surface area is 190 Å². The molecule has 0 spiro atoms. The van der Waals surface area contributed by atoms with Crippen molar-refractivity contribution in [1.82, 2.24) is 20.2 Å². The van der Waals surface area contributed by atoms with Crippen LogP contribution in [-0.4, -0.2) is 55.0 Å². The first-order chi connectivity index (χ1) is 13.8. The Morgan fingerprint density at radius 3 is 2.93 bits per heavy atom.